The molecule has 1 fully saturated rings. The third-order valence-electron chi connectivity index (χ3n) is 3.97. The van der Waals surface area contributed by atoms with Crippen molar-refractivity contribution >= 4 is 21.6 Å². The van der Waals surface area contributed by atoms with Gasteiger partial charge in [0.25, 0.3) is 0 Å². The molecule has 0 aromatic heterocycles. The van der Waals surface area contributed by atoms with Gasteiger partial charge in [-0.2, -0.15) is 0 Å². The van der Waals surface area contributed by atoms with Gasteiger partial charge >= 0.3 is 0 Å². The minimum absolute atomic E-state index is 0.0208. The van der Waals surface area contributed by atoms with Crippen LogP contribution < -0.4 is 10.0 Å². The van der Waals surface area contributed by atoms with Gasteiger partial charge < -0.3 is 5.32 Å². The molecule has 3 rings (SSSR count). The summed E-state index contributed by atoms with van der Waals surface area (Å²) in [4.78, 5) is 11.8. The number of benzene rings is 2. The Kier molecular flexibility index (Phi) is 5.39. The first-order chi connectivity index (χ1) is 13.1. The molecule has 1 saturated carbocycles. The average Bonchev–Trinajstić information content (AvgIpc) is 3.45. The fraction of sp³-hybridized carbons (Fsp3) is 0.235. The average molecular weight is 420 g/mol. The summed E-state index contributed by atoms with van der Waals surface area (Å²) in [5, 5.41) is 2.18. The van der Waals surface area contributed by atoms with Crippen molar-refractivity contribution in [2.75, 3.05) is 5.32 Å². The molecule has 2 aromatic rings. The molecule has 2 N–H and O–H groups in total. The molecule has 0 atom stereocenters. The van der Waals surface area contributed by atoms with Crippen molar-refractivity contribution in [2.24, 2.45) is 0 Å². The fourth-order valence-corrected chi connectivity index (χ4v) is 3.75. The summed E-state index contributed by atoms with van der Waals surface area (Å²) in [6, 6.07) is 4.89. The lowest BCUT2D eigenvalue weighted by Gasteiger charge is -2.10. The smallest absolute Gasteiger partial charge is 0.240 e. The van der Waals surface area contributed by atoms with Crippen LogP contribution in [0.2, 0.25) is 0 Å². The number of carbonyl (C=O) groups is 1. The lowest BCUT2D eigenvalue weighted by Crippen LogP contribution is -2.26. The molecular formula is C17H13F5N2O3S. The van der Waals surface area contributed by atoms with Gasteiger partial charge in [0.1, 0.15) is 0 Å². The monoisotopic (exact) mass is 420 g/mol. The number of nitrogens with one attached hydrogen (secondary N) is 2. The summed E-state index contributed by atoms with van der Waals surface area (Å²) in [6.45, 7) is 0. The maximum Gasteiger partial charge on any atom is 0.240 e. The number of carbonyl (C=O) groups excluding carboxylic acids is 1. The fourth-order valence-electron chi connectivity index (χ4n) is 2.40. The Bertz CT molecular complexity index is 1030. The van der Waals surface area contributed by atoms with E-state index in [0.717, 1.165) is 18.9 Å². The van der Waals surface area contributed by atoms with Crippen LogP contribution in [0.5, 0.6) is 0 Å². The number of halogens is 5. The molecule has 0 bridgehead atoms. The standard InChI is InChI=1S/C17H13F5N2O3S/c18-13-11(14(19)16(21)17(22)15(13)20)7-12(25)23-9-2-1-3-10(6-9)28(26,27)24-8-4-5-8/h1-3,6,8,24H,4-5,7H2,(H,23,25). The molecule has 0 saturated heterocycles. The largest absolute Gasteiger partial charge is 0.326 e. The second kappa shape index (κ2) is 7.47. The molecule has 28 heavy (non-hydrogen) atoms. The molecule has 0 spiro atoms. The zero-order valence-corrected chi connectivity index (χ0v) is 14.8. The number of hydrogen-bond donors (Lipinski definition) is 2. The highest BCUT2D eigenvalue weighted by Gasteiger charge is 2.29. The van der Waals surface area contributed by atoms with E-state index in [9.17, 15) is 35.2 Å². The van der Waals surface area contributed by atoms with Crippen LogP contribution in [0.4, 0.5) is 27.6 Å². The molecule has 0 radical (unpaired) electrons. The number of sulfonamides is 1. The van der Waals surface area contributed by atoms with Crippen molar-refractivity contribution in [2.45, 2.75) is 30.2 Å². The van der Waals surface area contributed by atoms with Crippen molar-refractivity contribution in [3.63, 3.8) is 0 Å². The van der Waals surface area contributed by atoms with E-state index in [4.69, 9.17) is 0 Å². The summed E-state index contributed by atoms with van der Waals surface area (Å²) in [6.07, 6.45) is 0.304. The maximum atomic E-state index is 13.7. The number of rotatable bonds is 6. The second-order valence-corrected chi connectivity index (χ2v) is 7.91. The van der Waals surface area contributed by atoms with Gasteiger partial charge in [-0.25, -0.2) is 35.1 Å². The van der Waals surface area contributed by atoms with Crippen LogP contribution in [0.25, 0.3) is 0 Å². The molecule has 1 aliphatic carbocycles. The molecule has 1 amide bonds. The Balaban J connectivity index is 1.79. The van der Waals surface area contributed by atoms with Crippen LogP contribution >= 0.6 is 0 Å². The third-order valence-corrected chi connectivity index (χ3v) is 5.48. The maximum absolute atomic E-state index is 13.7. The van der Waals surface area contributed by atoms with Crippen LogP contribution in [0, 0.1) is 29.1 Å². The third kappa shape index (κ3) is 4.14. The highest BCUT2D eigenvalue weighted by atomic mass is 32.2. The van der Waals surface area contributed by atoms with E-state index < -0.39 is 57.0 Å². The molecule has 11 heteroatoms. The minimum atomic E-state index is -3.81. The van der Waals surface area contributed by atoms with Gasteiger partial charge in [-0.15, -0.1) is 0 Å². The second-order valence-electron chi connectivity index (χ2n) is 6.20. The Morgan fingerprint density at radius 3 is 2.11 bits per heavy atom. The van der Waals surface area contributed by atoms with Crippen molar-refractivity contribution in [1.82, 2.24) is 4.72 Å². The normalized spacial score (nSPS) is 14.2. The van der Waals surface area contributed by atoms with Crippen LogP contribution in [0.1, 0.15) is 18.4 Å². The van der Waals surface area contributed by atoms with Crippen LogP contribution in [0.15, 0.2) is 29.2 Å². The summed E-state index contributed by atoms with van der Waals surface area (Å²) in [5.41, 5.74) is -1.30. The van der Waals surface area contributed by atoms with Crippen molar-refractivity contribution in [3.05, 3.63) is 58.9 Å². The number of amides is 1. The summed E-state index contributed by atoms with van der Waals surface area (Å²) < 4.78 is 93.6. The van der Waals surface area contributed by atoms with Gasteiger partial charge in [-0.3, -0.25) is 4.79 Å². The summed E-state index contributed by atoms with van der Waals surface area (Å²) in [7, 11) is -3.81. The predicted octanol–water partition coefficient (Wildman–Crippen LogP) is 3.00. The molecule has 5 nitrogen and oxygen atoms in total. The van der Waals surface area contributed by atoms with Gasteiger partial charge in [-0.05, 0) is 31.0 Å². The molecular weight excluding hydrogens is 407 g/mol. The zero-order chi connectivity index (χ0) is 20.6. The first-order valence-corrected chi connectivity index (χ1v) is 9.51. The van der Waals surface area contributed by atoms with Gasteiger partial charge in [0.15, 0.2) is 23.3 Å². The lowest BCUT2D eigenvalue weighted by atomic mass is 10.1. The van der Waals surface area contributed by atoms with Crippen LogP contribution in [-0.4, -0.2) is 20.4 Å². The van der Waals surface area contributed by atoms with Crippen LogP contribution in [-0.2, 0) is 21.2 Å². The van der Waals surface area contributed by atoms with E-state index in [1.54, 1.807) is 0 Å². The SMILES string of the molecule is O=C(Cc1c(F)c(F)c(F)c(F)c1F)Nc1cccc(S(=O)(=O)NC2CC2)c1. The highest BCUT2D eigenvalue weighted by molar-refractivity contribution is 7.89. The van der Waals surface area contributed by atoms with Crippen molar-refractivity contribution < 1.29 is 35.2 Å². The Morgan fingerprint density at radius 1 is 0.964 bits per heavy atom. The molecule has 0 unspecified atom stereocenters. The van der Waals surface area contributed by atoms with E-state index in [1.807, 2.05) is 0 Å². The summed E-state index contributed by atoms with van der Waals surface area (Å²) in [5.74, 6) is -11.9. The molecule has 0 aliphatic heterocycles. The Hall–Kier alpha value is -2.53. The molecule has 0 heterocycles. The topological polar surface area (TPSA) is 75.3 Å². The zero-order valence-electron chi connectivity index (χ0n) is 14.0. The number of anilines is 1. The quantitative estimate of drug-likeness (QED) is 0.429. The van der Waals surface area contributed by atoms with E-state index in [2.05, 4.69) is 10.0 Å². The van der Waals surface area contributed by atoms with Gasteiger partial charge in [0, 0.05) is 17.3 Å². The highest BCUT2D eigenvalue weighted by Crippen LogP contribution is 2.25. The van der Waals surface area contributed by atoms with Crippen LogP contribution in [0.3, 0.4) is 0 Å². The first-order valence-electron chi connectivity index (χ1n) is 8.02. The molecule has 1 aliphatic rings. The van der Waals surface area contributed by atoms with Crippen molar-refractivity contribution in [1.29, 1.82) is 0 Å². The van der Waals surface area contributed by atoms with Gasteiger partial charge in [-0.1, -0.05) is 6.07 Å². The molecule has 2 aromatic carbocycles. The first kappa shape index (κ1) is 20.2. The minimum Gasteiger partial charge on any atom is -0.326 e. The van der Waals surface area contributed by atoms with Gasteiger partial charge in [0.05, 0.1) is 11.3 Å². The van der Waals surface area contributed by atoms with Crippen molar-refractivity contribution in [3.8, 4) is 0 Å². The molecule has 150 valence electrons. The lowest BCUT2D eigenvalue weighted by molar-refractivity contribution is -0.115. The van der Waals surface area contributed by atoms with E-state index in [-0.39, 0.29) is 16.6 Å². The van der Waals surface area contributed by atoms with E-state index >= 15 is 0 Å². The predicted molar refractivity (Wildman–Crippen MR) is 88.4 cm³/mol. The summed E-state index contributed by atoms with van der Waals surface area (Å²) >= 11 is 0. The van der Waals surface area contributed by atoms with E-state index in [0.29, 0.717) is 0 Å². The Labute approximate surface area is 156 Å². The Morgan fingerprint density at radius 2 is 1.54 bits per heavy atom. The van der Waals surface area contributed by atoms with Gasteiger partial charge in [0.2, 0.25) is 21.7 Å². The number of hydrogen-bond acceptors (Lipinski definition) is 3. The van der Waals surface area contributed by atoms with E-state index in [1.165, 1.54) is 18.2 Å².